The summed E-state index contributed by atoms with van der Waals surface area (Å²) in [7, 11) is -4.03. The predicted molar refractivity (Wildman–Crippen MR) is 129 cm³/mol. The van der Waals surface area contributed by atoms with Gasteiger partial charge in [-0.15, -0.1) is 0 Å². The number of benzene rings is 3. The molecule has 3 aromatic carbocycles. The Morgan fingerprint density at radius 3 is 2.55 bits per heavy atom. The first kappa shape index (κ1) is 22.0. The monoisotopic (exact) mass is 463 g/mol. The molecule has 0 aliphatic heterocycles. The average molecular weight is 464 g/mol. The fourth-order valence-electron chi connectivity index (χ4n) is 3.43. The lowest BCUT2D eigenvalue weighted by Gasteiger charge is -2.12. The minimum absolute atomic E-state index is 0.0709. The van der Waals surface area contributed by atoms with Gasteiger partial charge >= 0.3 is 0 Å². The first-order valence-electron chi connectivity index (χ1n) is 9.98. The van der Waals surface area contributed by atoms with E-state index in [1.54, 1.807) is 25.3 Å². The molecule has 0 radical (unpaired) electrons. The molecule has 0 spiro atoms. The van der Waals surface area contributed by atoms with Gasteiger partial charge in [-0.25, -0.2) is 8.42 Å². The number of para-hydroxylation sites is 1. The molecule has 0 aliphatic rings. The molecule has 0 bridgehead atoms. The van der Waals surface area contributed by atoms with E-state index < -0.39 is 20.6 Å². The van der Waals surface area contributed by atoms with Crippen LogP contribution in [0.15, 0.2) is 76.9 Å². The molecule has 0 saturated heterocycles. The number of aromatic nitrogens is 1. The zero-order valence-electron chi connectivity index (χ0n) is 17.9. The normalized spacial score (nSPS) is 11.7. The van der Waals surface area contributed by atoms with Crippen molar-refractivity contribution in [1.29, 1.82) is 0 Å². The number of aryl methyl sites for hydroxylation is 2. The summed E-state index contributed by atoms with van der Waals surface area (Å²) in [6, 6.07) is 16.6. The van der Waals surface area contributed by atoms with Crippen LogP contribution in [0.25, 0.3) is 10.9 Å². The van der Waals surface area contributed by atoms with Gasteiger partial charge in [0.1, 0.15) is 5.69 Å². The van der Waals surface area contributed by atoms with E-state index in [2.05, 4.69) is 20.2 Å². The Morgan fingerprint density at radius 2 is 1.79 bits per heavy atom. The van der Waals surface area contributed by atoms with Crippen LogP contribution in [0.2, 0.25) is 0 Å². The minimum atomic E-state index is -4.03. The van der Waals surface area contributed by atoms with Crippen molar-refractivity contribution in [3.63, 3.8) is 0 Å². The number of hydrogen-bond donors (Lipinski definition) is 3. The summed E-state index contributed by atoms with van der Waals surface area (Å²) in [5.74, 6) is 0. The highest BCUT2D eigenvalue weighted by molar-refractivity contribution is 7.92. The molecule has 0 atom stereocenters. The number of sulfonamides is 1. The maximum absolute atomic E-state index is 12.8. The van der Waals surface area contributed by atoms with E-state index in [9.17, 15) is 18.5 Å². The summed E-state index contributed by atoms with van der Waals surface area (Å²) < 4.78 is 28.2. The fraction of sp³-hybridized carbons (Fsp3) is 0.0870. The molecule has 0 saturated carbocycles. The van der Waals surface area contributed by atoms with Gasteiger partial charge in [0.05, 0.1) is 21.7 Å². The van der Waals surface area contributed by atoms with E-state index in [1.165, 1.54) is 18.3 Å². The van der Waals surface area contributed by atoms with Gasteiger partial charge in [-0.3, -0.25) is 20.3 Å². The molecule has 4 aromatic rings. The number of H-pyrrole nitrogens is 1. The lowest BCUT2D eigenvalue weighted by Crippen LogP contribution is -2.14. The molecule has 1 aromatic heterocycles. The second-order valence-electron chi connectivity index (χ2n) is 7.52. The lowest BCUT2D eigenvalue weighted by atomic mass is 10.1. The highest BCUT2D eigenvalue weighted by Crippen LogP contribution is 2.29. The maximum Gasteiger partial charge on any atom is 0.295 e. The Bertz CT molecular complexity index is 1490. The van der Waals surface area contributed by atoms with Crippen molar-refractivity contribution in [2.45, 2.75) is 18.7 Å². The standard InChI is InChI=1S/C23H21N5O4S/c1-15-7-9-20(16(2)11-15)27-33(31,32)18-8-10-22(23(12-18)28(29)30)26-25-14-17-13-24-21-6-4-3-5-19(17)21/h3-14,24,26-27H,1-2H3. The summed E-state index contributed by atoms with van der Waals surface area (Å²) in [6.07, 6.45) is 3.31. The van der Waals surface area contributed by atoms with Crippen molar-refractivity contribution in [3.05, 3.63) is 93.7 Å². The molecule has 3 N–H and O–H groups in total. The number of anilines is 2. The van der Waals surface area contributed by atoms with Gasteiger partial charge in [0.2, 0.25) is 0 Å². The minimum Gasteiger partial charge on any atom is -0.361 e. The molecular weight excluding hydrogens is 442 g/mol. The molecule has 1 heterocycles. The van der Waals surface area contributed by atoms with E-state index in [-0.39, 0.29) is 10.6 Å². The van der Waals surface area contributed by atoms with Crippen LogP contribution in [-0.4, -0.2) is 24.5 Å². The van der Waals surface area contributed by atoms with E-state index >= 15 is 0 Å². The average Bonchev–Trinajstić information content (AvgIpc) is 3.19. The molecule has 4 rings (SSSR count). The third-order valence-corrected chi connectivity index (χ3v) is 6.48. The van der Waals surface area contributed by atoms with Gasteiger partial charge in [-0.05, 0) is 43.7 Å². The van der Waals surface area contributed by atoms with E-state index in [1.807, 2.05) is 37.3 Å². The maximum atomic E-state index is 12.8. The van der Waals surface area contributed by atoms with Crippen molar-refractivity contribution in [2.75, 3.05) is 10.1 Å². The number of aromatic amines is 1. The van der Waals surface area contributed by atoms with Crippen molar-refractivity contribution < 1.29 is 13.3 Å². The van der Waals surface area contributed by atoms with Crippen LogP contribution < -0.4 is 10.1 Å². The van der Waals surface area contributed by atoms with Crippen LogP contribution in [0, 0.1) is 24.0 Å². The van der Waals surface area contributed by atoms with Crippen molar-refractivity contribution in [1.82, 2.24) is 4.98 Å². The molecule has 0 aliphatic carbocycles. The van der Waals surface area contributed by atoms with Gasteiger partial charge < -0.3 is 4.98 Å². The van der Waals surface area contributed by atoms with Gasteiger partial charge in [0, 0.05) is 28.7 Å². The highest BCUT2D eigenvalue weighted by Gasteiger charge is 2.22. The summed E-state index contributed by atoms with van der Waals surface area (Å²) in [5, 5.41) is 16.7. The zero-order chi connectivity index (χ0) is 23.6. The largest absolute Gasteiger partial charge is 0.361 e. The van der Waals surface area contributed by atoms with Crippen molar-refractivity contribution >= 4 is 44.2 Å². The Hall–Kier alpha value is -4.18. The summed E-state index contributed by atoms with van der Waals surface area (Å²) in [6.45, 7) is 3.69. The highest BCUT2D eigenvalue weighted by atomic mass is 32.2. The number of rotatable bonds is 7. The second kappa shape index (κ2) is 8.75. The van der Waals surface area contributed by atoms with Gasteiger partial charge in [-0.2, -0.15) is 5.10 Å². The Labute approximate surface area is 190 Å². The Balaban J connectivity index is 1.59. The molecule has 10 heteroatoms. The van der Waals surface area contributed by atoms with Crippen molar-refractivity contribution in [2.24, 2.45) is 5.10 Å². The van der Waals surface area contributed by atoms with Gasteiger partial charge in [0.25, 0.3) is 15.7 Å². The molecule has 0 amide bonds. The van der Waals surface area contributed by atoms with Gasteiger partial charge in [0.15, 0.2) is 0 Å². The number of nitrogens with zero attached hydrogens (tertiary/aromatic N) is 2. The SMILES string of the molecule is Cc1ccc(NS(=O)(=O)c2ccc(NN=Cc3c[nH]c4ccccc34)c([N+](=O)[O-])c2)c(C)c1. The van der Waals surface area contributed by atoms with E-state index in [0.717, 1.165) is 33.7 Å². The van der Waals surface area contributed by atoms with Crippen LogP contribution in [0.4, 0.5) is 17.1 Å². The third-order valence-electron chi connectivity index (χ3n) is 5.11. The number of fused-ring (bicyclic) bond motifs is 1. The van der Waals surface area contributed by atoms with Crippen LogP contribution >= 0.6 is 0 Å². The topological polar surface area (TPSA) is 129 Å². The van der Waals surface area contributed by atoms with Crippen molar-refractivity contribution in [3.8, 4) is 0 Å². The Kier molecular flexibility index (Phi) is 5.84. The predicted octanol–water partition coefficient (Wildman–Crippen LogP) is 4.94. The number of hydrogen-bond acceptors (Lipinski definition) is 6. The molecule has 9 nitrogen and oxygen atoms in total. The first-order valence-corrected chi connectivity index (χ1v) is 11.5. The van der Waals surface area contributed by atoms with E-state index in [0.29, 0.717) is 5.69 Å². The van der Waals surface area contributed by atoms with Gasteiger partial charge in [-0.1, -0.05) is 35.9 Å². The molecule has 168 valence electrons. The summed E-state index contributed by atoms with van der Waals surface area (Å²) in [4.78, 5) is 13.9. The van der Waals surface area contributed by atoms with Crippen LogP contribution in [-0.2, 0) is 10.0 Å². The number of nitrogens with one attached hydrogen (secondary N) is 3. The number of nitro groups is 1. The molecule has 0 fully saturated rings. The smallest absolute Gasteiger partial charge is 0.295 e. The molecule has 33 heavy (non-hydrogen) atoms. The molecule has 0 unspecified atom stereocenters. The van der Waals surface area contributed by atoms with Crippen LogP contribution in [0.1, 0.15) is 16.7 Å². The van der Waals surface area contributed by atoms with Crippen LogP contribution in [0.5, 0.6) is 0 Å². The number of nitro benzene ring substituents is 1. The lowest BCUT2D eigenvalue weighted by molar-refractivity contribution is -0.384. The molecular formula is C23H21N5O4S. The summed E-state index contributed by atoms with van der Waals surface area (Å²) >= 11 is 0. The Morgan fingerprint density at radius 1 is 1.03 bits per heavy atom. The fourth-order valence-corrected chi connectivity index (χ4v) is 4.58. The number of hydrazone groups is 1. The first-order chi connectivity index (χ1) is 15.7. The summed E-state index contributed by atoms with van der Waals surface area (Å²) in [5.41, 5.74) is 6.20. The quantitative estimate of drug-likeness (QED) is 0.203. The van der Waals surface area contributed by atoms with E-state index in [4.69, 9.17) is 0 Å². The zero-order valence-corrected chi connectivity index (χ0v) is 18.7. The van der Waals surface area contributed by atoms with Crippen LogP contribution in [0.3, 0.4) is 0 Å². The third kappa shape index (κ3) is 4.70. The second-order valence-corrected chi connectivity index (χ2v) is 9.20.